The molecule has 3 aromatic carbocycles. The third kappa shape index (κ3) is 5.96. The number of anilines is 1. The van der Waals surface area contributed by atoms with Crippen molar-refractivity contribution < 1.29 is 29.0 Å². The fraction of sp³-hybridized carbons (Fsp3) is 0.0417. The van der Waals surface area contributed by atoms with E-state index in [1.807, 2.05) is 0 Å². The topological polar surface area (TPSA) is 162 Å². The fourth-order valence-electron chi connectivity index (χ4n) is 3.31. The molecule has 1 heterocycles. The summed E-state index contributed by atoms with van der Waals surface area (Å²) in [5.74, 6) is -1.46. The Labute approximate surface area is 223 Å². The summed E-state index contributed by atoms with van der Waals surface area (Å²) in [4.78, 5) is 59.4. The second-order valence-electron chi connectivity index (χ2n) is 7.63. The first-order valence-corrected chi connectivity index (χ1v) is 11.8. The van der Waals surface area contributed by atoms with Crippen LogP contribution in [0.25, 0.3) is 6.08 Å². The average molecular weight is 555 g/mol. The van der Waals surface area contributed by atoms with E-state index in [1.54, 1.807) is 42.5 Å². The summed E-state index contributed by atoms with van der Waals surface area (Å²) >= 11 is 6.44. The van der Waals surface area contributed by atoms with Crippen LogP contribution < -0.4 is 10.1 Å². The number of para-hydroxylation sites is 1. The molecule has 0 radical (unpaired) electrons. The van der Waals surface area contributed by atoms with E-state index in [-0.39, 0.29) is 16.4 Å². The molecule has 0 bridgehead atoms. The lowest BCUT2D eigenvalue weighted by atomic mass is 10.1. The highest BCUT2D eigenvalue weighted by atomic mass is 35.5. The van der Waals surface area contributed by atoms with E-state index < -0.39 is 44.8 Å². The van der Waals surface area contributed by atoms with Crippen molar-refractivity contribution in [3.63, 3.8) is 0 Å². The number of nitro groups is 2. The largest absolute Gasteiger partial charge is 0.449 e. The number of amides is 3. The van der Waals surface area contributed by atoms with Gasteiger partial charge in [0.2, 0.25) is 11.7 Å². The lowest BCUT2D eigenvalue weighted by Crippen LogP contribution is -2.36. The minimum atomic E-state index is -0.814. The van der Waals surface area contributed by atoms with Gasteiger partial charge in [-0.3, -0.25) is 39.5 Å². The van der Waals surface area contributed by atoms with Crippen molar-refractivity contribution in [2.24, 2.45) is 0 Å². The van der Waals surface area contributed by atoms with Crippen LogP contribution >= 0.6 is 23.4 Å². The molecule has 1 saturated heterocycles. The normalized spacial score (nSPS) is 14.0. The van der Waals surface area contributed by atoms with Crippen LogP contribution in [0, 0.1) is 20.2 Å². The number of carbonyl (C=O) groups excluding carboxylic acids is 3. The second-order valence-corrected chi connectivity index (χ2v) is 9.06. The van der Waals surface area contributed by atoms with Crippen LogP contribution in [-0.2, 0) is 9.59 Å². The number of carbonyl (C=O) groups is 3. The molecule has 12 nitrogen and oxygen atoms in total. The van der Waals surface area contributed by atoms with Crippen LogP contribution in [0.5, 0.6) is 11.5 Å². The van der Waals surface area contributed by atoms with E-state index in [2.05, 4.69) is 5.32 Å². The summed E-state index contributed by atoms with van der Waals surface area (Å²) in [6, 6.07) is 15.4. The van der Waals surface area contributed by atoms with Crippen molar-refractivity contribution in [3.8, 4) is 11.5 Å². The maximum atomic E-state index is 12.9. The van der Waals surface area contributed by atoms with Gasteiger partial charge < -0.3 is 10.1 Å². The van der Waals surface area contributed by atoms with Gasteiger partial charge in [0.15, 0.2) is 0 Å². The van der Waals surface area contributed by atoms with Gasteiger partial charge in [0, 0.05) is 22.3 Å². The molecule has 1 N–H and O–H groups in total. The molecule has 38 heavy (non-hydrogen) atoms. The number of benzene rings is 3. The van der Waals surface area contributed by atoms with Gasteiger partial charge in [-0.25, -0.2) is 0 Å². The Hall–Kier alpha value is -4.75. The van der Waals surface area contributed by atoms with Crippen molar-refractivity contribution >= 4 is 63.6 Å². The quantitative estimate of drug-likeness (QED) is 0.211. The van der Waals surface area contributed by atoms with E-state index in [0.29, 0.717) is 28.0 Å². The summed E-state index contributed by atoms with van der Waals surface area (Å²) in [6.45, 7) is -0.516. The predicted molar refractivity (Wildman–Crippen MR) is 139 cm³/mol. The number of ether oxygens (including phenoxy) is 1. The standard InChI is InChI=1S/C24H15ClN4O8S/c25-15-5-7-16(8-6-15)26-22(30)13-27-23(31)21(38-24(27)32)11-14-3-1-2-4-19(14)37-20-10-9-17(28(33)34)12-18(20)29(35)36/h1-12H,13H2,(H,26,30)/b21-11+. The van der Waals surface area contributed by atoms with Gasteiger partial charge in [-0.15, -0.1) is 0 Å². The van der Waals surface area contributed by atoms with Crippen LogP contribution in [0.15, 0.2) is 71.6 Å². The molecule has 4 rings (SSSR count). The Morgan fingerprint density at radius 2 is 1.71 bits per heavy atom. The monoisotopic (exact) mass is 554 g/mol. The number of rotatable bonds is 8. The van der Waals surface area contributed by atoms with Crippen LogP contribution in [0.1, 0.15) is 5.56 Å². The van der Waals surface area contributed by atoms with E-state index >= 15 is 0 Å². The summed E-state index contributed by atoms with van der Waals surface area (Å²) in [7, 11) is 0. The number of thioether (sulfide) groups is 1. The molecule has 3 aromatic rings. The maximum Gasteiger partial charge on any atom is 0.318 e. The first-order chi connectivity index (χ1) is 18.1. The predicted octanol–water partition coefficient (Wildman–Crippen LogP) is 5.62. The zero-order valence-corrected chi connectivity index (χ0v) is 20.6. The number of nitro benzene ring substituents is 2. The molecule has 1 fully saturated rings. The molecular weight excluding hydrogens is 540 g/mol. The van der Waals surface area contributed by atoms with Crippen LogP contribution in [0.2, 0.25) is 5.02 Å². The Bertz CT molecular complexity index is 1510. The van der Waals surface area contributed by atoms with Gasteiger partial charge in [-0.1, -0.05) is 29.8 Å². The van der Waals surface area contributed by atoms with Crippen molar-refractivity contribution in [3.05, 3.63) is 102 Å². The molecule has 192 valence electrons. The van der Waals surface area contributed by atoms with Crippen molar-refractivity contribution in [2.45, 2.75) is 0 Å². The molecule has 0 aromatic heterocycles. The Morgan fingerprint density at radius 1 is 1.00 bits per heavy atom. The molecule has 0 spiro atoms. The molecule has 0 aliphatic carbocycles. The number of halogens is 1. The number of non-ortho nitro benzene ring substituents is 1. The molecule has 14 heteroatoms. The first-order valence-electron chi connectivity index (χ1n) is 10.6. The summed E-state index contributed by atoms with van der Waals surface area (Å²) in [5.41, 5.74) is -0.364. The summed E-state index contributed by atoms with van der Waals surface area (Å²) < 4.78 is 5.67. The van der Waals surface area contributed by atoms with Crippen molar-refractivity contribution in [1.29, 1.82) is 0 Å². The molecule has 0 atom stereocenters. The maximum absolute atomic E-state index is 12.9. The highest BCUT2D eigenvalue weighted by Gasteiger charge is 2.36. The summed E-state index contributed by atoms with van der Waals surface area (Å²) in [5, 5.41) is 24.8. The SMILES string of the molecule is O=C(CN1C(=O)S/C(=C/c2ccccc2Oc2ccc([N+](=O)[O-])cc2[N+](=O)[O-])C1=O)Nc1ccc(Cl)cc1. The molecule has 0 saturated carbocycles. The third-order valence-corrected chi connectivity index (χ3v) is 6.24. The Morgan fingerprint density at radius 3 is 2.39 bits per heavy atom. The van der Waals surface area contributed by atoms with E-state index in [9.17, 15) is 34.6 Å². The average Bonchev–Trinajstić information content (AvgIpc) is 3.13. The van der Waals surface area contributed by atoms with E-state index in [4.69, 9.17) is 16.3 Å². The van der Waals surface area contributed by atoms with Crippen LogP contribution in [0.4, 0.5) is 21.9 Å². The number of imide groups is 1. The van der Waals surface area contributed by atoms with Gasteiger partial charge >= 0.3 is 5.69 Å². The number of nitrogens with one attached hydrogen (secondary N) is 1. The van der Waals surface area contributed by atoms with Gasteiger partial charge in [0.1, 0.15) is 12.3 Å². The Balaban J connectivity index is 1.54. The van der Waals surface area contributed by atoms with Gasteiger partial charge in [0.05, 0.1) is 20.8 Å². The number of nitrogens with zero attached hydrogens (tertiary/aromatic N) is 3. The minimum Gasteiger partial charge on any atom is -0.449 e. The number of hydrogen-bond donors (Lipinski definition) is 1. The highest BCUT2D eigenvalue weighted by Crippen LogP contribution is 2.38. The molecule has 1 aliphatic rings. The van der Waals surface area contributed by atoms with Gasteiger partial charge in [-0.2, -0.15) is 0 Å². The summed E-state index contributed by atoms with van der Waals surface area (Å²) in [6.07, 6.45) is 1.36. The van der Waals surface area contributed by atoms with Gasteiger partial charge in [0.25, 0.3) is 16.8 Å². The van der Waals surface area contributed by atoms with Gasteiger partial charge in [-0.05, 0) is 54.2 Å². The van der Waals surface area contributed by atoms with Crippen molar-refractivity contribution in [1.82, 2.24) is 4.90 Å². The molecular formula is C24H15ClN4O8S. The van der Waals surface area contributed by atoms with E-state index in [1.165, 1.54) is 12.1 Å². The minimum absolute atomic E-state index is 0.00328. The highest BCUT2D eigenvalue weighted by molar-refractivity contribution is 8.18. The van der Waals surface area contributed by atoms with E-state index in [0.717, 1.165) is 23.1 Å². The first kappa shape index (κ1) is 26.3. The zero-order valence-electron chi connectivity index (χ0n) is 19.0. The molecule has 3 amide bonds. The zero-order chi connectivity index (χ0) is 27.4. The molecule has 0 unspecified atom stereocenters. The third-order valence-electron chi connectivity index (χ3n) is 5.08. The second kappa shape index (κ2) is 11.1. The fourth-order valence-corrected chi connectivity index (χ4v) is 4.27. The lowest BCUT2D eigenvalue weighted by molar-refractivity contribution is -0.394. The Kier molecular flexibility index (Phi) is 7.69. The lowest BCUT2D eigenvalue weighted by Gasteiger charge is -2.12. The smallest absolute Gasteiger partial charge is 0.318 e. The number of hydrogen-bond acceptors (Lipinski definition) is 9. The van der Waals surface area contributed by atoms with Crippen LogP contribution in [-0.4, -0.2) is 38.3 Å². The van der Waals surface area contributed by atoms with Crippen LogP contribution in [0.3, 0.4) is 0 Å². The van der Waals surface area contributed by atoms with Crippen molar-refractivity contribution in [2.75, 3.05) is 11.9 Å². The molecule has 1 aliphatic heterocycles.